The molecule has 0 bridgehead atoms. The molecule has 1 aromatic carbocycles. The highest BCUT2D eigenvalue weighted by Crippen LogP contribution is 2.21. The molecule has 1 N–H and O–H groups in total. The minimum atomic E-state index is -2.97. The molecule has 110 valence electrons. The summed E-state index contributed by atoms with van der Waals surface area (Å²) in [5.41, 5.74) is 0.816. The minimum absolute atomic E-state index is 0.0815. The summed E-state index contributed by atoms with van der Waals surface area (Å²) >= 11 is 0. The SMILES string of the molecule is O=C(CC1CCCS(=O)(=O)C1)NCc1ccc(F)cc1. The number of amides is 1. The Balaban J connectivity index is 1.79. The van der Waals surface area contributed by atoms with Gasteiger partial charge in [-0.25, -0.2) is 12.8 Å². The van der Waals surface area contributed by atoms with E-state index in [1.165, 1.54) is 12.1 Å². The lowest BCUT2D eigenvalue weighted by Gasteiger charge is -2.21. The predicted octanol–water partition coefficient (Wildman–Crippen LogP) is 1.66. The normalized spacial score (nSPS) is 21.4. The van der Waals surface area contributed by atoms with Crippen molar-refractivity contribution in [2.45, 2.75) is 25.8 Å². The lowest BCUT2D eigenvalue weighted by atomic mass is 10.0. The first kappa shape index (κ1) is 15.0. The fourth-order valence-corrected chi connectivity index (χ4v) is 4.19. The molecule has 1 aromatic rings. The third kappa shape index (κ3) is 4.59. The minimum Gasteiger partial charge on any atom is -0.352 e. The lowest BCUT2D eigenvalue weighted by molar-refractivity contribution is -0.122. The summed E-state index contributed by atoms with van der Waals surface area (Å²) < 4.78 is 35.7. The Morgan fingerprint density at radius 1 is 1.30 bits per heavy atom. The molecular formula is C14H18FNO3S. The molecule has 0 spiro atoms. The molecule has 1 aliphatic rings. The molecule has 1 unspecified atom stereocenters. The topological polar surface area (TPSA) is 63.2 Å². The molecule has 20 heavy (non-hydrogen) atoms. The van der Waals surface area contributed by atoms with E-state index >= 15 is 0 Å². The Kier molecular flexibility index (Phi) is 4.75. The maximum Gasteiger partial charge on any atom is 0.220 e. The van der Waals surface area contributed by atoms with Gasteiger partial charge in [-0.3, -0.25) is 4.79 Å². The quantitative estimate of drug-likeness (QED) is 0.919. The molecule has 2 rings (SSSR count). The Hall–Kier alpha value is -1.43. The van der Waals surface area contributed by atoms with E-state index in [1.54, 1.807) is 12.1 Å². The van der Waals surface area contributed by atoms with Crippen LogP contribution in [0.2, 0.25) is 0 Å². The molecule has 6 heteroatoms. The van der Waals surface area contributed by atoms with Crippen molar-refractivity contribution in [1.82, 2.24) is 5.32 Å². The Bertz CT molecular complexity index is 569. The molecule has 1 atom stereocenters. The molecule has 4 nitrogen and oxygen atoms in total. The molecule has 1 fully saturated rings. The van der Waals surface area contributed by atoms with Crippen LogP contribution in [-0.2, 0) is 21.2 Å². The standard InChI is InChI=1S/C14H18FNO3S/c15-13-5-3-11(4-6-13)9-16-14(17)8-12-2-1-7-20(18,19)10-12/h3-6,12H,1-2,7-10H2,(H,16,17). The van der Waals surface area contributed by atoms with Gasteiger partial charge >= 0.3 is 0 Å². The molecular weight excluding hydrogens is 281 g/mol. The number of nitrogens with one attached hydrogen (secondary N) is 1. The van der Waals surface area contributed by atoms with E-state index in [1.807, 2.05) is 0 Å². The number of carbonyl (C=O) groups is 1. The van der Waals surface area contributed by atoms with Crippen LogP contribution in [0.4, 0.5) is 4.39 Å². The number of halogens is 1. The monoisotopic (exact) mass is 299 g/mol. The zero-order chi connectivity index (χ0) is 14.6. The zero-order valence-electron chi connectivity index (χ0n) is 11.1. The summed E-state index contributed by atoms with van der Waals surface area (Å²) in [5.74, 6) is -0.205. The van der Waals surface area contributed by atoms with Crippen LogP contribution in [0.25, 0.3) is 0 Å². The molecule has 1 amide bonds. The van der Waals surface area contributed by atoms with Crippen molar-refractivity contribution in [3.63, 3.8) is 0 Å². The third-order valence-corrected chi connectivity index (χ3v) is 5.32. The summed E-state index contributed by atoms with van der Waals surface area (Å²) in [6, 6.07) is 5.91. The van der Waals surface area contributed by atoms with Gasteiger partial charge < -0.3 is 5.32 Å². The van der Waals surface area contributed by atoms with Gasteiger partial charge in [-0.2, -0.15) is 0 Å². The van der Waals surface area contributed by atoms with Crippen LogP contribution in [0.3, 0.4) is 0 Å². The molecule has 1 heterocycles. The van der Waals surface area contributed by atoms with Crippen molar-refractivity contribution in [3.05, 3.63) is 35.6 Å². The predicted molar refractivity (Wildman–Crippen MR) is 74.2 cm³/mol. The second kappa shape index (κ2) is 6.35. The Labute approximate surface area is 118 Å². The fraction of sp³-hybridized carbons (Fsp3) is 0.500. The molecule has 0 aliphatic carbocycles. The first-order valence-electron chi connectivity index (χ1n) is 6.66. The Morgan fingerprint density at radius 2 is 2.00 bits per heavy atom. The summed E-state index contributed by atoms with van der Waals surface area (Å²) in [6.07, 6.45) is 1.65. The number of rotatable bonds is 4. The van der Waals surface area contributed by atoms with Crippen molar-refractivity contribution >= 4 is 15.7 Å². The smallest absolute Gasteiger partial charge is 0.220 e. The van der Waals surface area contributed by atoms with Gasteiger partial charge in [-0.05, 0) is 36.5 Å². The van der Waals surface area contributed by atoms with Gasteiger partial charge in [0.15, 0.2) is 9.84 Å². The number of hydrogen-bond donors (Lipinski definition) is 1. The highest BCUT2D eigenvalue weighted by molar-refractivity contribution is 7.91. The summed E-state index contributed by atoms with van der Waals surface area (Å²) in [6.45, 7) is 0.332. The van der Waals surface area contributed by atoms with Gasteiger partial charge in [0.25, 0.3) is 0 Å². The highest BCUT2D eigenvalue weighted by Gasteiger charge is 2.26. The summed E-state index contributed by atoms with van der Waals surface area (Å²) in [5, 5.41) is 2.74. The van der Waals surface area contributed by atoms with Gasteiger partial charge in [0.2, 0.25) is 5.91 Å². The fourth-order valence-electron chi connectivity index (χ4n) is 2.42. The van der Waals surface area contributed by atoms with Gasteiger partial charge in [0.1, 0.15) is 5.82 Å². The van der Waals surface area contributed by atoms with E-state index in [-0.39, 0.29) is 35.6 Å². The van der Waals surface area contributed by atoms with Crippen LogP contribution in [-0.4, -0.2) is 25.8 Å². The molecule has 0 aromatic heterocycles. The van der Waals surface area contributed by atoms with E-state index in [0.717, 1.165) is 12.0 Å². The van der Waals surface area contributed by atoms with E-state index in [4.69, 9.17) is 0 Å². The van der Waals surface area contributed by atoms with Crippen molar-refractivity contribution in [2.75, 3.05) is 11.5 Å². The number of sulfone groups is 1. The van der Waals surface area contributed by atoms with E-state index in [0.29, 0.717) is 13.0 Å². The lowest BCUT2D eigenvalue weighted by Crippen LogP contribution is -2.31. The zero-order valence-corrected chi connectivity index (χ0v) is 12.0. The first-order valence-corrected chi connectivity index (χ1v) is 8.48. The third-order valence-electron chi connectivity index (χ3n) is 3.43. The molecule has 1 saturated heterocycles. The molecule has 0 saturated carbocycles. The summed E-state index contributed by atoms with van der Waals surface area (Å²) in [4.78, 5) is 11.8. The number of carbonyl (C=O) groups excluding carboxylic acids is 1. The van der Waals surface area contributed by atoms with Gasteiger partial charge in [0.05, 0.1) is 11.5 Å². The Morgan fingerprint density at radius 3 is 2.65 bits per heavy atom. The van der Waals surface area contributed by atoms with Crippen LogP contribution in [0.5, 0.6) is 0 Å². The van der Waals surface area contributed by atoms with E-state index in [9.17, 15) is 17.6 Å². The van der Waals surface area contributed by atoms with Crippen LogP contribution in [0, 0.1) is 11.7 Å². The number of hydrogen-bond acceptors (Lipinski definition) is 3. The van der Waals surface area contributed by atoms with Crippen LogP contribution >= 0.6 is 0 Å². The maximum absolute atomic E-state index is 12.7. The second-order valence-corrected chi connectivity index (χ2v) is 7.46. The summed E-state index contributed by atoms with van der Waals surface area (Å²) in [7, 11) is -2.97. The van der Waals surface area contributed by atoms with E-state index < -0.39 is 9.84 Å². The largest absolute Gasteiger partial charge is 0.352 e. The first-order chi connectivity index (χ1) is 9.44. The van der Waals surface area contributed by atoms with Crippen molar-refractivity contribution in [3.8, 4) is 0 Å². The van der Waals surface area contributed by atoms with Crippen molar-refractivity contribution in [1.29, 1.82) is 0 Å². The average Bonchev–Trinajstić information content (AvgIpc) is 2.37. The van der Waals surface area contributed by atoms with Crippen LogP contribution < -0.4 is 5.32 Å². The van der Waals surface area contributed by atoms with Crippen molar-refractivity contribution < 1.29 is 17.6 Å². The average molecular weight is 299 g/mol. The van der Waals surface area contributed by atoms with Gasteiger partial charge in [-0.15, -0.1) is 0 Å². The maximum atomic E-state index is 12.7. The molecule has 0 radical (unpaired) electrons. The van der Waals surface area contributed by atoms with Gasteiger partial charge in [0, 0.05) is 13.0 Å². The second-order valence-electron chi connectivity index (χ2n) is 5.23. The van der Waals surface area contributed by atoms with Crippen LogP contribution in [0.15, 0.2) is 24.3 Å². The van der Waals surface area contributed by atoms with Crippen LogP contribution in [0.1, 0.15) is 24.8 Å². The number of benzene rings is 1. The van der Waals surface area contributed by atoms with E-state index in [2.05, 4.69) is 5.32 Å². The van der Waals surface area contributed by atoms with Gasteiger partial charge in [-0.1, -0.05) is 12.1 Å². The van der Waals surface area contributed by atoms with Crippen molar-refractivity contribution in [2.24, 2.45) is 5.92 Å². The highest BCUT2D eigenvalue weighted by atomic mass is 32.2. The molecule has 1 aliphatic heterocycles.